The maximum Gasteiger partial charge on any atom is 0.0124 e. The molecule has 2 heteroatoms. The molecule has 17 heavy (non-hydrogen) atoms. The Morgan fingerprint density at radius 3 is 2.29 bits per heavy atom. The molecule has 0 aromatic rings. The summed E-state index contributed by atoms with van der Waals surface area (Å²) in [4.78, 5) is 2.51. The van der Waals surface area contributed by atoms with Crippen molar-refractivity contribution in [3.8, 4) is 0 Å². The molecule has 0 aliphatic heterocycles. The molecule has 1 atom stereocenters. The molecule has 0 radical (unpaired) electrons. The second-order valence-corrected chi connectivity index (χ2v) is 6.00. The Balaban J connectivity index is 1.69. The fourth-order valence-corrected chi connectivity index (χ4v) is 3.81. The monoisotopic (exact) mass is 238 g/mol. The molecule has 0 amide bonds. The van der Waals surface area contributed by atoms with Crippen molar-refractivity contribution in [1.82, 2.24) is 10.2 Å². The second-order valence-electron chi connectivity index (χ2n) is 6.00. The van der Waals surface area contributed by atoms with Crippen LogP contribution in [0.5, 0.6) is 0 Å². The van der Waals surface area contributed by atoms with E-state index in [1.54, 1.807) is 0 Å². The smallest absolute Gasteiger partial charge is 0.0124 e. The molecule has 0 aromatic carbocycles. The van der Waals surface area contributed by atoms with Gasteiger partial charge >= 0.3 is 0 Å². The van der Waals surface area contributed by atoms with Crippen LogP contribution in [0.25, 0.3) is 0 Å². The largest absolute Gasteiger partial charge is 0.312 e. The molecule has 2 aliphatic rings. The Bertz CT molecular complexity index is 217. The van der Waals surface area contributed by atoms with E-state index in [9.17, 15) is 0 Å². The van der Waals surface area contributed by atoms with Crippen LogP contribution in [-0.4, -0.2) is 37.1 Å². The molecule has 0 bridgehead atoms. The Morgan fingerprint density at radius 2 is 1.76 bits per heavy atom. The topological polar surface area (TPSA) is 15.3 Å². The van der Waals surface area contributed by atoms with Crippen LogP contribution >= 0.6 is 0 Å². The SMILES string of the molecule is CCN(CC)CCNC1CCC12CCCCC2. The highest BCUT2D eigenvalue weighted by Crippen LogP contribution is 2.51. The lowest BCUT2D eigenvalue weighted by Gasteiger charge is -2.52. The van der Waals surface area contributed by atoms with E-state index in [0.29, 0.717) is 0 Å². The third kappa shape index (κ3) is 3.03. The highest BCUT2D eigenvalue weighted by molar-refractivity contribution is 5.01. The van der Waals surface area contributed by atoms with Gasteiger partial charge in [-0.05, 0) is 44.2 Å². The Hall–Kier alpha value is -0.0800. The molecule has 2 nitrogen and oxygen atoms in total. The van der Waals surface area contributed by atoms with E-state index in [4.69, 9.17) is 0 Å². The van der Waals surface area contributed by atoms with Crippen molar-refractivity contribution in [3.05, 3.63) is 0 Å². The van der Waals surface area contributed by atoms with Crippen molar-refractivity contribution < 1.29 is 0 Å². The fraction of sp³-hybridized carbons (Fsp3) is 1.00. The number of hydrogen-bond donors (Lipinski definition) is 1. The minimum atomic E-state index is 0.724. The summed E-state index contributed by atoms with van der Waals surface area (Å²) in [6.07, 6.45) is 10.4. The van der Waals surface area contributed by atoms with Gasteiger partial charge in [-0.15, -0.1) is 0 Å². The summed E-state index contributed by atoms with van der Waals surface area (Å²) in [5.74, 6) is 0. The third-order valence-electron chi connectivity index (χ3n) is 5.23. The van der Waals surface area contributed by atoms with Crippen LogP contribution in [0.15, 0.2) is 0 Å². The highest BCUT2D eigenvalue weighted by Gasteiger charge is 2.46. The minimum Gasteiger partial charge on any atom is -0.312 e. The first-order valence-electron chi connectivity index (χ1n) is 7.76. The van der Waals surface area contributed by atoms with Gasteiger partial charge in [-0.3, -0.25) is 0 Å². The van der Waals surface area contributed by atoms with Crippen LogP contribution in [0.2, 0.25) is 0 Å². The van der Waals surface area contributed by atoms with Crippen molar-refractivity contribution in [1.29, 1.82) is 0 Å². The molecule has 0 aromatic heterocycles. The number of nitrogens with zero attached hydrogens (tertiary/aromatic N) is 1. The minimum absolute atomic E-state index is 0.724. The summed E-state index contributed by atoms with van der Waals surface area (Å²) in [5, 5.41) is 3.84. The Labute approximate surface area is 107 Å². The van der Waals surface area contributed by atoms with Crippen LogP contribution in [0.3, 0.4) is 0 Å². The molecule has 100 valence electrons. The standard InChI is InChI=1S/C15H30N2/c1-3-17(4-2)13-12-16-14-8-11-15(14)9-6-5-7-10-15/h14,16H,3-13H2,1-2H3. The van der Waals surface area contributed by atoms with Gasteiger partial charge in [0.15, 0.2) is 0 Å². The van der Waals surface area contributed by atoms with E-state index in [-0.39, 0.29) is 0 Å². The van der Waals surface area contributed by atoms with Crippen molar-refractivity contribution in [2.24, 2.45) is 5.41 Å². The zero-order valence-electron chi connectivity index (χ0n) is 11.8. The zero-order valence-corrected chi connectivity index (χ0v) is 11.8. The van der Waals surface area contributed by atoms with Crippen LogP contribution in [0.1, 0.15) is 58.8 Å². The first-order chi connectivity index (χ1) is 8.30. The van der Waals surface area contributed by atoms with Crippen molar-refractivity contribution in [3.63, 3.8) is 0 Å². The van der Waals surface area contributed by atoms with Gasteiger partial charge in [0, 0.05) is 19.1 Å². The summed E-state index contributed by atoms with van der Waals surface area (Å²) < 4.78 is 0. The predicted octanol–water partition coefficient (Wildman–Crippen LogP) is 3.03. The van der Waals surface area contributed by atoms with Gasteiger partial charge in [0.05, 0.1) is 0 Å². The van der Waals surface area contributed by atoms with E-state index >= 15 is 0 Å². The highest BCUT2D eigenvalue weighted by atomic mass is 15.1. The van der Waals surface area contributed by atoms with Gasteiger partial charge in [0.1, 0.15) is 0 Å². The van der Waals surface area contributed by atoms with E-state index in [2.05, 4.69) is 24.1 Å². The first-order valence-corrected chi connectivity index (χ1v) is 7.76. The molecule has 0 heterocycles. The molecule has 1 spiro atoms. The first kappa shape index (κ1) is 13.4. The van der Waals surface area contributed by atoms with Crippen molar-refractivity contribution >= 4 is 0 Å². The Kier molecular flexibility index (Phi) is 4.87. The predicted molar refractivity (Wildman–Crippen MR) is 74.3 cm³/mol. The lowest BCUT2D eigenvalue weighted by Crippen LogP contribution is -2.55. The summed E-state index contributed by atoms with van der Waals surface area (Å²) in [5.41, 5.74) is 0.724. The maximum atomic E-state index is 3.84. The average molecular weight is 238 g/mol. The lowest BCUT2D eigenvalue weighted by molar-refractivity contribution is 0.0221. The third-order valence-corrected chi connectivity index (χ3v) is 5.23. The molecular formula is C15H30N2. The molecule has 1 unspecified atom stereocenters. The van der Waals surface area contributed by atoms with Crippen LogP contribution in [0.4, 0.5) is 0 Å². The van der Waals surface area contributed by atoms with Crippen molar-refractivity contribution in [2.75, 3.05) is 26.2 Å². The maximum absolute atomic E-state index is 3.84. The summed E-state index contributed by atoms with van der Waals surface area (Å²) in [6.45, 7) is 9.31. The van der Waals surface area contributed by atoms with Gasteiger partial charge in [-0.1, -0.05) is 33.1 Å². The second kappa shape index (κ2) is 6.19. The molecule has 1 N–H and O–H groups in total. The molecule has 2 aliphatic carbocycles. The van der Waals surface area contributed by atoms with Crippen LogP contribution in [-0.2, 0) is 0 Å². The van der Waals surface area contributed by atoms with Crippen molar-refractivity contribution in [2.45, 2.75) is 64.8 Å². The van der Waals surface area contributed by atoms with E-state index < -0.39 is 0 Å². The molecular weight excluding hydrogens is 208 g/mol. The zero-order chi connectivity index (χ0) is 12.1. The summed E-state index contributed by atoms with van der Waals surface area (Å²) in [7, 11) is 0. The summed E-state index contributed by atoms with van der Waals surface area (Å²) in [6, 6.07) is 0.846. The fourth-order valence-electron chi connectivity index (χ4n) is 3.81. The molecule has 0 saturated heterocycles. The van der Waals surface area contributed by atoms with Gasteiger partial charge in [-0.2, -0.15) is 0 Å². The molecule has 2 fully saturated rings. The van der Waals surface area contributed by atoms with Crippen LogP contribution in [0, 0.1) is 5.41 Å². The number of likely N-dealkylation sites (N-methyl/N-ethyl adjacent to an activating group) is 1. The quantitative estimate of drug-likeness (QED) is 0.765. The summed E-state index contributed by atoms with van der Waals surface area (Å²) >= 11 is 0. The number of nitrogens with one attached hydrogen (secondary N) is 1. The van der Waals surface area contributed by atoms with E-state index in [1.165, 1.54) is 71.1 Å². The van der Waals surface area contributed by atoms with Gasteiger partial charge in [-0.25, -0.2) is 0 Å². The van der Waals surface area contributed by atoms with Gasteiger partial charge in [0.2, 0.25) is 0 Å². The molecule has 2 saturated carbocycles. The Morgan fingerprint density at radius 1 is 1.06 bits per heavy atom. The van der Waals surface area contributed by atoms with Gasteiger partial charge < -0.3 is 10.2 Å². The van der Waals surface area contributed by atoms with E-state index in [0.717, 1.165) is 11.5 Å². The number of rotatable bonds is 6. The average Bonchev–Trinajstić information content (AvgIpc) is 2.38. The van der Waals surface area contributed by atoms with Crippen LogP contribution < -0.4 is 5.32 Å². The van der Waals surface area contributed by atoms with E-state index in [1.807, 2.05) is 0 Å². The number of hydrogen-bond acceptors (Lipinski definition) is 2. The van der Waals surface area contributed by atoms with Gasteiger partial charge in [0.25, 0.3) is 0 Å². The normalized spacial score (nSPS) is 27.4. The molecule has 2 rings (SSSR count). The lowest BCUT2D eigenvalue weighted by atomic mass is 9.57.